The second-order valence-corrected chi connectivity index (χ2v) is 6.64. The van der Waals surface area contributed by atoms with Crippen LogP contribution in [-0.4, -0.2) is 11.9 Å². The van der Waals surface area contributed by atoms with Gasteiger partial charge in [0.1, 0.15) is 5.75 Å². The van der Waals surface area contributed by atoms with Crippen molar-refractivity contribution in [2.45, 2.75) is 57.5 Å². The molecule has 6 heteroatoms. The van der Waals surface area contributed by atoms with Crippen LogP contribution in [0.2, 0.25) is 0 Å². The Bertz CT molecular complexity index is 484. The molecule has 0 aliphatic heterocycles. The van der Waals surface area contributed by atoms with Crippen LogP contribution in [-0.2, 0) is 6.54 Å². The Kier molecular flexibility index (Phi) is 5.20. The summed E-state index contributed by atoms with van der Waals surface area (Å²) in [5.74, 6) is -0.213. The normalized spacial score (nSPS) is 18.5. The standard InChI is InChI=1S/C15H19BrF3NO/c1-14(7-3-2-4-8-14)20-10-11-5-6-13(12(16)9-11)21-15(17,18)19/h5-6,9,20H,2-4,7-8,10H2,1H3. The number of nitrogens with one attached hydrogen (secondary N) is 1. The summed E-state index contributed by atoms with van der Waals surface area (Å²) in [5, 5.41) is 3.53. The van der Waals surface area contributed by atoms with Crippen molar-refractivity contribution >= 4 is 15.9 Å². The van der Waals surface area contributed by atoms with Crippen molar-refractivity contribution in [2.75, 3.05) is 0 Å². The Morgan fingerprint density at radius 1 is 1.24 bits per heavy atom. The van der Waals surface area contributed by atoms with Crippen molar-refractivity contribution in [1.29, 1.82) is 0 Å². The third-order valence-electron chi connectivity index (χ3n) is 3.90. The van der Waals surface area contributed by atoms with Crippen LogP contribution in [0.5, 0.6) is 5.75 Å². The lowest BCUT2D eigenvalue weighted by molar-refractivity contribution is -0.274. The van der Waals surface area contributed by atoms with Gasteiger partial charge in [0, 0.05) is 12.1 Å². The lowest BCUT2D eigenvalue weighted by Crippen LogP contribution is -2.43. The molecule has 1 fully saturated rings. The molecule has 1 saturated carbocycles. The van der Waals surface area contributed by atoms with Crippen LogP contribution >= 0.6 is 15.9 Å². The van der Waals surface area contributed by atoms with Gasteiger partial charge >= 0.3 is 6.36 Å². The molecule has 0 spiro atoms. The average Bonchev–Trinajstić information content (AvgIpc) is 2.39. The van der Waals surface area contributed by atoms with Gasteiger partial charge in [-0.05, 0) is 53.4 Å². The molecule has 1 N–H and O–H groups in total. The van der Waals surface area contributed by atoms with Gasteiger partial charge in [0.05, 0.1) is 4.47 Å². The first-order valence-electron chi connectivity index (χ1n) is 7.07. The van der Waals surface area contributed by atoms with Crippen LogP contribution in [0.1, 0.15) is 44.6 Å². The molecule has 2 nitrogen and oxygen atoms in total. The van der Waals surface area contributed by atoms with E-state index in [1.54, 1.807) is 12.1 Å². The highest BCUT2D eigenvalue weighted by Gasteiger charge is 2.32. The summed E-state index contributed by atoms with van der Waals surface area (Å²) >= 11 is 3.13. The summed E-state index contributed by atoms with van der Waals surface area (Å²) < 4.78 is 40.9. The van der Waals surface area contributed by atoms with Crippen LogP contribution in [0.25, 0.3) is 0 Å². The summed E-state index contributed by atoms with van der Waals surface area (Å²) in [4.78, 5) is 0. The monoisotopic (exact) mass is 365 g/mol. The van der Waals surface area contributed by atoms with Gasteiger partial charge < -0.3 is 10.1 Å². The van der Waals surface area contributed by atoms with E-state index in [4.69, 9.17) is 0 Å². The van der Waals surface area contributed by atoms with E-state index in [1.807, 2.05) is 0 Å². The minimum Gasteiger partial charge on any atom is -0.405 e. The van der Waals surface area contributed by atoms with E-state index in [9.17, 15) is 13.2 Å². The number of alkyl halides is 3. The Morgan fingerprint density at radius 2 is 1.90 bits per heavy atom. The summed E-state index contributed by atoms with van der Waals surface area (Å²) in [5.41, 5.74) is 1.06. The molecule has 21 heavy (non-hydrogen) atoms. The van der Waals surface area contributed by atoms with E-state index >= 15 is 0 Å². The maximum atomic E-state index is 12.2. The molecule has 0 saturated heterocycles. The van der Waals surface area contributed by atoms with E-state index < -0.39 is 6.36 Å². The Morgan fingerprint density at radius 3 is 2.48 bits per heavy atom. The molecule has 118 valence electrons. The molecule has 0 unspecified atom stereocenters. The summed E-state index contributed by atoms with van der Waals surface area (Å²) in [6, 6.07) is 4.67. The quantitative estimate of drug-likeness (QED) is 0.795. The zero-order chi connectivity index (χ0) is 15.5. The summed E-state index contributed by atoms with van der Waals surface area (Å²) in [6.07, 6.45) is 1.36. The molecule has 1 aromatic carbocycles. The second kappa shape index (κ2) is 6.57. The van der Waals surface area contributed by atoms with Crippen molar-refractivity contribution in [3.05, 3.63) is 28.2 Å². The number of benzene rings is 1. The van der Waals surface area contributed by atoms with Gasteiger partial charge in [-0.2, -0.15) is 0 Å². The molecule has 0 radical (unpaired) electrons. The molecule has 0 amide bonds. The zero-order valence-corrected chi connectivity index (χ0v) is 13.5. The molecule has 1 aromatic rings. The molecule has 1 aliphatic carbocycles. The highest BCUT2D eigenvalue weighted by molar-refractivity contribution is 9.10. The van der Waals surface area contributed by atoms with Gasteiger partial charge in [-0.25, -0.2) is 0 Å². The minimum atomic E-state index is -4.67. The molecule has 0 atom stereocenters. The predicted octanol–water partition coefficient (Wildman–Crippen LogP) is 5.16. The summed E-state index contributed by atoms with van der Waals surface area (Å²) in [6.45, 7) is 2.85. The van der Waals surface area contributed by atoms with Crippen molar-refractivity contribution in [2.24, 2.45) is 0 Å². The molecule has 0 bridgehead atoms. The lowest BCUT2D eigenvalue weighted by Gasteiger charge is -2.35. The number of rotatable bonds is 4. The van der Waals surface area contributed by atoms with E-state index in [2.05, 4.69) is 32.9 Å². The number of hydrogen-bond acceptors (Lipinski definition) is 2. The number of ether oxygens (including phenoxy) is 1. The zero-order valence-electron chi connectivity index (χ0n) is 11.9. The molecule has 2 rings (SSSR count). The maximum Gasteiger partial charge on any atom is 0.573 e. The third kappa shape index (κ3) is 5.18. The number of halogens is 4. The van der Waals surface area contributed by atoms with Gasteiger partial charge in [-0.3, -0.25) is 0 Å². The predicted molar refractivity (Wildman–Crippen MR) is 79.2 cm³/mol. The van der Waals surface area contributed by atoms with Crippen molar-refractivity contribution in [3.63, 3.8) is 0 Å². The first-order valence-corrected chi connectivity index (χ1v) is 7.86. The third-order valence-corrected chi connectivity index (χ3v) is 4.52. The van der Waals surface area contributed by atoms with Gasteiger partial charge in [-0.1, -0.05) is 25.3 Å². The molecular weight excluding hydrogens is 347 g/mol. The molecule has 1 aliphatic rings. The molecular formula is C15H19BrF3NO. The van der Waals surface area contributed by atoms with Crippen LogP contribution in [0.4, 0.5) is 13.2 Å². The van der Waals surface area contributed by atoms with E-state index in [-0.39, 0.29) is 11.3 Å². The van der Waals surface area contributed by atoms with Crippen LogP contribution in [0.3, 0.4) is 0 Å². The van der Waals surface area contributed by atoms with Gasteiger partial charge in [0.15, 0.2) is 0 Å². The van der Waals surface area contributed by atoms with Crippen molar-refractivity contribution in [1.82, 2.24) is 5.32 Å². The highest BCUT2D eigenvalue weighted by Crippen LogP contribution is 2.32. The maximum absolute atomic E-state index is 12.2. The lowest BCUT2D eigenvalue weighted by atomic mass is 9.83. The largest absolute Gasteiger partial charge is 0.573 e. The second-order valence-electron chi connectivity index (χ2n) is 5.79. The van der Waals surface area contributed by atoms with Gasteiger partial charge in [-0.15, -0.1) is 13.2 Å². The number of hydrogen-bond donors (Lipinski definition) is 1. The Hall–Kier alpha value is -0.750. The van der Waals surface area contributed by atoms with E-state index in [1.165, 1.54) is 25.3 Å². The fraction of sp³-hybridized carbons (Fsp3) is 0.600. The van der Waals surface area contributed by atoms with Gasteiger partial charge in [0.25, 0.3) is 0 Å². The highest BCUT2D eigenvalue weighted by atomic mass is 79.9. The van der Waals surface area contributed by atoms with Gasteiger partial charge in [0.2, 0.25) is 0 Å². The van der Waals surface area contributed by atoms with Crippen molar-refractivity contribution < 1.29 is 17.9 Å². The average molecular weight is 366 g/mol. The minimum absolute atomic E-state index is 0.131. The summed E-state index contributed by atoms with van der Waals surface area (Å²) in [7, 11) is 0. The SMILES string of the molecule is CC1(NCc2ccc(OC(F)(F)F)c(Br)c2)CCCCC1. The van der Waals surface area contributed by atoms with E-state index in [0.29, 0.717) is 11.0 Å². The first kappa shape index (κ1) is 16.6. The fourth-order valence-electron chi connectivity index (χ4n) is 2.69. The van der Waals surface area contributed by atoms with E-state index in [0.717, 1.165) is 18.4 Å². The fourth-order valence-corrected chi connectivity index (χ4v) is 3.19. The van der Waals surface area contributed by atoms with Crippen LogP contribution in [0.15, 0.2) is 22.7 Å². The molecule has 0 heterocycles. The van der Waals surface area contributed by atoms with Crippen LogP contribution < -0.4 is 10.1 Å². The van der Waals surface area contributed by atoms with Crippen molar-refractivity contribution in [3.8, 4) is 5.75 Å². The smallest absolute Gasteiger partial charge is 0.405 e. The Labute approximate surface area is 131 Å². The molecule has 0 aromatic heterocycles. The first-order chi connectivity index (χ1) is 9.77. The van der Waals surface area contributed by atoms with Crippen LogP contribution in [0, 0.1) is 0 Å². The Balaban J connectivity index is 1.97. The topological polar surface area (TPSA) is 21.3 Å².